The molecule has 0 unspecified atom stereocenters. The number of H-pyrrole nitrogens is 1. The van der Waals surface area contributed by atoms with E-state index in [4.69, 9.17) is 0 Å². The first-order chi connectivity index (χ1) is 20.7. The number of rotatable bonds is 9. The number of nitrogens with one attached hydrogen (secondary N) is 2. The van der Waals surface area contributed by atoms with Gasteiger partial charge in [0, 0.05) is 48.2 Å². The normalized spacial score (nSPS) is 16.8. The fourth-order valence-electron chi connectivity index (χ4n) is 7.06. The average Bonchev–Trinajstić information content (AvgIpc) is 3.00. The van der Waals surface area contributed by atoms with E-state index in [1.807, 2.05) is 26.0 Å². The Hall–Kier alpha value is -3.38. The van der Waals surface area contributed by atoms with Crippen molar-refractivity contribution in [2.45, 2.75) is 98.7 Å². The molecule has 230 valence electrons. The van der Waals surface area contributed by atoms with Gasteiger partial charge in [0.2, 0.25) is 0 Å². The van der Waals surface area contributed by atoms with Crippen LogP contribution >= 0.6 is 0 Å². The van der Waals surface area contributed by atoms with E-state index < -0.39 is 0 Å². The maximum absolute atomic E-state index is 13.8. The molecule has 1 amide bonds. The van der Waals surface area contributed by atoms with Crippen molar-refractivity contribution in [2.24, 2.45) is 5.92 Å². The summed E-state index contributed by atoms with van der Waals surface area (Å²) in [5.74, 6) is 0.689. The van der Waals surface area contributed by atoms with Gasteiger partial charge >= 0.3 is 0 Å². The summed E-state index contributed by atoms with van der Waals surface area (Å²) in [6, 6.07) is 15.7. The number of aromatic nitrogens is 1. The van der Waals surface area contributed by atoms with Crippen molar-refractivity contribution >= 4 is 11.6 Å². The van der Waals surface area contributed by atoms with Gasteiger partial charge in [0.05, 0.1) is 0 Å². The van der Waals surface area contributed by atoms with Crippen LogP contribution in [0.15, 0.2) is 47.3 Å². The first-order valence-corrected chi connectivity index (χ1v) is 16.4. The molecule has 6 heteroatoms. The number of benzene rings is 2. The molecule has 1 saturated carbocycles. The van der Waals surface area contributed by atoms with Crippen LogP contribution in [0.3, 0.4) is 0 Å². The monoisotopic (exact) mass is 582 g/mol. The molecule has 1 aliphatic heterocycles. The standard InChI is InChI=1S/C37H50N4O2/c1-6-41(32-10-8-7-9-11-32)35-22-31(30-14-12-29(13-15-30)24-40-18-16-25(2)17-19-40)21-33(28(35)5)36(42)38-23-34-26(3)20-27(4)39-37(34)43/h12-15,20-22,25,32H,6-11,16-19,23-24H2,1-5H3,(H,38,42)(H,39,43). The molecule has 43 heavy (non-hydrogen) atoms. The van der Waals surface area contributed by atoms with Gasteiger partial charge in [-0.1, -0.05) is 50.5 Å². The van der Waals surface area contributed by atoms with E-state index in [9.17, 15) is 9.59 Å². The summed E-state index contributed by atoms with van der Waals surface area (Å²) in [5, 5.41) is 3.07. The van der Waals surface area contributed by atoms with Crippen LogP contribution in [0.2, 0.25) is 0 Å². The minimum Gasteiger partial charge on any atom is -0.369 e. The van der Waals surface area contributed by atoms with Crippen molar-refractivity contribution in [3.63, 3.8) is 0 Å². The van der Waals surface area contributed by atoms with Crippen LogP contribution in [0.1, 0.15) is 97.1 Å². The molecule has 5 rings (SSSR count). The number of piperidine rings is 1. The van der Waals surface area contributed by atoms with Gasteiger partial charge in [-0.2, -0.15) is 0 Å². The van der Waals surface area contributed by atoms with E-state index in [1.54, 1.807) is 0 Å². The zero-order chi connectivity index (χ0) is 30.5. The van der Waals surface area contributed by atoms with Crippen molar-refractivity contribution in [1.82, 2.24) is 15.2 Å². The number of anilines is 1. The van der Waals surface area contributed by atoms with Crippen molar-refractivity contribution in [1.29, 1.82) is 0 Å². The Morgan fingerprint density at radius 3 is 2.30 bits per heavy atom. The van der Waals surface area contributed by atoms with Gasteiger partial charge in [0.25, 0.3) is 11.5 Å². The van der Waals surface area contributed by atoms with Crippen molar-refractivity contribution in [2.75, 3.05) is 24.5 Å². The zero-order valence-electron chi connectivity index (χ0n) is 26.9. The Morgan fingerprint density at radius 2 is 1.65 bits per heavy atom. The van der Waals surface area contributed by atoms with Gasteiger partial charge in [-0.15, -0.1) is 0 Å². The van der Waals surface area contributed by atoms with E-state index in [2.05, 4.69) is 71.2 Å². The van der Waals surface area contributed by atoms with Crippen LogP contribution in [0.4, 0.5) is 5.69 Å². The molecule has 1 aromatic heterocycles. The van der Waals surface area contributed by atoms with Crippen molar-refractivity contribution in [3.8, 4) is 11.1 Å². The van der Waals surface area contributed by atoms with E-state index in [0.717, 1.165) is 52.6 Å². The van der Waals surface area contributed by atoms with Crippen LogP contribution in [0.25, 0.3) is 11.1 Å². The van der Waals surface area contributed by atoms with Crippen LogP contribution in [-0.2, 0) is 13.1 Å². The summed E-state index contributed by atoms with van der Waals surface area (Å²) >= 11 is 0. The van der Waals surface area contributed by atoms with Gasteiger partial charge in [0.15, 0.2) is 0 Å². The molecule has 0 atom stereocenters. The second-order valence-corrected chi connectivity index (χ2v) is 13.0. The molecule has 1 saturated heterocycles. The first-order valence-electron chi connectivity index (χ1n) is 16.4. The number of carbonyl (C=O) groups is 1. The first kappa shape index (κ1) is 31.1. The molecule has 2 heterocycles. The van der Waals surface area contributed by atoms with Gasteiger partial charge in [0.1, 0.15) is 0 Å². The Kier molecular flexibility index (Phi) is 10.1. The van der Waals surface area contributed by atoms with E-state index in [-0.39, 0.29) is 18.0 Å². The predicted octanol–water partition coefficient (Wildman–Crippen LogP) is 7.29. The number of nitrogens with zero attached hydrogens (tertiary/aromatic N) is 2. The third kappa shape index (κ3) is 7.41. The Bertz CT molecular complexity index is 1460. The molecule has 0 bridgehead atoms. The lowest BCUT2D eigenvalue weighted by atomic mass is 9.91. The summed E-state index contributed by atoms with van der Waals surface area (Å²) in [6.45, 7) is 14.9. The smallest absolute Gasteiger partial charge is 0.253 e. The number of aromatic amines is 1. The number of carbonyl (C=O) groups excluding carboxylic acids is 1. The number of aryl methyl sites for hydroxylation is 2. The lowest BCUT2D eigenvalue weighted by molar-refractivity contribution is 0.0950. The third-order valence-electron chi connectivity index (χ3n) is 9.78. The van der Waals surface area contributed by atoms with Crippen LogP contribution in [-0.4, -0.2) is 41.5 Å². The minimum absolute atomic E-state index is 0.141. The molecule has 2 aliphatic rings. The molecule has 6 nitrogen and oxygen atoms in total. The van der Waals surface area contributed by atoms with Gasteiger partial charge in [-0.05, 0) is 118 Å². The van der Waals surface area contributed by atoms with E-state index in [1.165, 1.54) is 63.6 Å². The highest BCUT2D eigenvalue weighted by Crippen LogP contribution is 2.35. The second-order valence-electron chi connectivity index (χ2n) is 13.0. The summed E-state index contributed by atoms with van der Waals surface area (Å²) in [6.07, 6.45) is 8.77. The van der Waals surface area contributed by atoms with Crippen molar-refractivity contribution < 1.29 is 4.79 Å². The zero-order valence-corrected chi connectivity index (χ0v) is 26.9. The molecule has 2 N–H and O–H groups in total. The molecule has 2 aromatic carbocycles. The maximum Gasteiger partial charge on any atom is 0.253 e. The number of likely N-dealkylation sites (tertiary alicyclic amines) is 1. The lowest BCUT2D eigenvalue weighted by Gasteiger charge is -2.37. The Labute approximate surface area is 257 Å². The number of pyridine rings is 1. The SMILES string of the molecule is CCN(c1cc(-c2ccc(CN3CCC(C)CC3)cc2)cc(C(=O)NCc2c(C)cc(C)[nH]c2=O)c1C)C1CCCCC1. The summed E-state index contributed by atoms with van der Waals surface area (Å²) in [4.78, 5) is 34.4. The quantitative estimate of drug-likeness (QED) is 0.278. The molecule has 3 aromatic rings. The Morgan fingerprint density at radius 1 is 0.953 bits per heavy atom. The highest BCUT2D eigenvalue weighted by Gasteiger charge is 2.25. The van der Waals surface area contributed by atoms with Crippen LogP contribution < -0.4 is 15.8 Å². The largest absolute Gasteiger partial charge is 0.369 e. The summed E-state index contributed by atoms with van der Waals surface area (Å²) < 4.78 is 0. The fourth-order valence-corrected chi connectivity index (χ4v) is 7.06. The predicted molar refractivity (Wildman–Crippen MR) is 178 cm³/mol. The maximum atomic E-state index is 13.8. The second kappa shape index (κ2) is 13.9. The summed E-state index contributed by atoms with van der Waals surface area (Å²) in [5.41, 5.74) is 8.51. The average molecular weight is 583 g/mol. The number of hydrogen-bond acceptors (Lipinski definition) is 4. The highest BCUT2D eigenvalue weighted by atomic mass is 16.1. The van der Waals surface area contributed by atoms with Gasteiger partial charge in [-0.25, -0.2) is 0 Å². The number of hydrogen-bond donors (Lipinski definition) is 2. The third-order valence-corrected chi connectivity index (χ3v) is 9.78. The fraction of sp³-hybridized carbons (Fsp3) is 0.514. The Balaban J connectivity index is 1.45. The van der Waals surface area contributed by atoms with E-state index in [0.29, 0.717) is 17.2 Å². The van der Waals surface area contributed by atoms with Gasteiger partial charge < -0.3 is 15.2 Å². The van der Waals surface area contributed by atoms with E-state index >= 15 is 0 Å². The van der Waals surface area contributed by atoms with Crippen molar-refractivity contribution in [3.05, 3.63) is 86.3 Å². The highest BCUT2D eigenvalue weighted by molar-refractivity contribution is 5.99. The number of amides is 1. The minimum atomic E-state index is -0.143. The molecule has 0 spiro atoms. The molecular formula is C37H50N4O2. The topological polar surface area (TPSA) is 68.4 Å². The van der Waals surface area contributed by atoms with Crippen LogP contribution in [0, 0.1) is 26.7 Å². The molecule has 0 radical (unpaired) electrons. The summed E-state index contributed by atoms with van der Waals surface area (Å²) in [7, 11) is 0. The van der Waals surface area contributed by atoms with Gasteiger partial charge in [-0.3, -0.25) is 14.5 Å². The molecule has 2 fully saturated rings. The molecule has 1 aliphatic carbocycles. The van der Waals surface area contributed by atoms with Crippen LogP contribution in [0.5, 0.6) is 0 Å². The molecular weight excluding hydrogens is 532 g/mol. The lowest BCUT2D eigenvalue weighted by Crippen LogP contribution is -2.37.